The number of rotatable bonds is 3. The molecular formula is C16H19F2N5O. The summed E-state index contributed by atoms with van der Waals surface area (Å²) in [6, 6.07) is 1.60. The summed E-state index contributed by atoms with van der Waals surface area (Å²) in [7, 11) is 1.65. The zero-order chi connectivity index (χ0) is 17.3. The molecule has 1 aliphatic rings. The smallest absolute Gasteiger partial charge is 0.261 e. The molecule has 0 radical (unpaired) electrons. The van der Waals surface area contributed by atoms with Crippen molar-refractivity contribution in [3.63, 3.8) is 0 Å². The van der Waals surface area contributed by atoms with Crippen LogP contribution in [-0.2, 0) is 0 Å². The number of hydrogen-bond acceptors (Lipinski definition) is 4. The van der Waals surface area contributed by atoms with E-state index in [0.717, 1.165) is 0 Å². The number of carbonyl (C=O) groups is 1. The van der Waals surface area contributed by atoms with Gasteiger partial charge in [-0.05, 0) is 25.8 Å². The van der Waals surface area contributed by atoms with Crippen LogP contribution in [0.15, 0.2) is 24.7 Å². The van der Waals surface area contributed by atoms with Crippen molar-refractivity contribution in [3.8, 4) is 0 Å². The summed E-state index contributed by atoms with van der Waals surface area (Å²) >= 11 is 0. The molecule has 2 heterocycles. The van der Waals surface area contributed by atoms with Crippen LogP contribution in [0.3, 0.4) is 0 Å². The molecule has 0 bridgehead atoms. The molecule has 1 saturated carbocycles. The fourth-order valence-electron chi connectivity index (χ4n) is 3.05. The van der Waals surface area contributed by atoms with Gasteiger partial charge in [-0.2, -0.15) is 15.3 Å². The van der Waals surface area contributed by atoms with Crippen molar-refractivity contribution in [2.75, 3.05) is 11.9 Å². The van der Waals surface area contributed by atoms with Gasteiger partial charge in [0.1, 0.15) is 0 Å². The SMILES string of the molecule is Cc1c(C(=O)N(C)c2ccnnc2)cnn1C1CCC(F)(F)CC1. The molecular weight excluding hydrogens is 316 g/mol. The Balaban J connectivity index is 1.79. The van der Waals surface area contributed by atoms with Crippen molar-refractivity contribution in [2.24, 2.45) is 0 Å². The van der Waals surface area contributed by atoms with E-state index in [1.165, 1.54) is 23.5 Å². The Morgan fingerprint density at radius 1 is 1.29 bits per heavy atom. The predicted octanol–water partition coefficient (Wildman–Crippen LogP) is 3.01. The maximum atomic E-state index is 13.3. The molecule has 2 aromatic rings. The molecule has 0 aromatic carbocycles. The summed E-state index contributed by atoms with van der Waals surface area (Å²) < 4.78 is 28.3. The second-order valence-corrected chi connectivity index (χ2v) is 6.14. The van der Waals surface area contributed by atoms with Crippen LogP contribution < -0.4 is 4.90 Å². The minimum atomic E-state index is -2.58. The molecule has 1 aliphatic carbocycles. The van der Waals surface area contributed by atoms with E-state index in [-0.39, 0.29) is 24.8 Å². The monoisotopic (exact) mass is 335 g/mol. The van der Waals surface area contributed by atoms with Crippen LogP contribution in [0.2, 0.25) is 0 Å². The van der Waals surface area contributed by atoms with Crippen molar-refractivity contribution < 1.29 is 13.6 Å². The number of carbonyl (C=O) groups excluding carboxylic acids is 1. The number of anilines is 1. The highest BCUT2D eigenvalue weighted by atomic mass is 19.3. The summed E-state index contributed by atoms with van der Waals surface area (Å²) in [6.45, 7) is 1.80. The topological polar surface area (TPSA) is 63.9 Å². The third-order valence-corrected chi connectivity index (χ3v) is 4.57. The van der Waals surface area contributed by atoms with E-state index in [1.54, 1.807) is 24.7 Å². The van der Waals surface area contributed by atoms with Crippen molar-refractivity contribution in [1.29, 1.82) is 0 Å². The second-order valence-electron chi connectivity index (χ2n) is 6.14. The highest BCUT2D eigenvalue weighted by Gasteiger charge is 2.36. The van der Waals surface area contributed by atoms with Gasteiger partial charge in [0, 0.05) is 25.6 Å². The van der Waals surface area contributed by atoms with Gasteiger partial charge in [0.2, 0.25) is 5.92 Å². The lowest BCUT2D eigenvalue weighted by Crippen LogP contribution is -2.28. The van der Waals surface area contributed by atoms with Gasteiger partial charge in [0.15, 0.2) is 0 Å². The van der Waals surface area contributed by atoms with Gasteiger partial charge in [-0.3, -0.25) is 9.48 Å². The molecule has 1 fully saturated rings. The minimum absolute atomic E-state index is 0.0842. The first-order valence-corrected chi connectivity index (χ1v) is 7.86. The average molecular weight is 335 g/mol. The summed E-state index contributed by atoms with van der Waals surface area (Å²) in [5.74, 6) is -2.79. The van der Waals surface area contributed by atoms with Crippen LogP contribution in [0.4, 0.5) is 14.5 Å². The Hall–Kier alpha value is -2.38. The number of hydrogen-bond donors (Lipinski definition) is 0. The Morgan fingerprint density at radius 2 is 2.00 bits per heavy atom. The Kier molecular flexibility index (Phi) is 4.29. The van der Waals surface area contributed by atoms with Crippen molar-refractivity contribution in [3.05, 3.63) is 35.9 Å². The van der Waals surface area contributed by atoms with E-state index < -0.39 is 5.92 Å². The van der Waals surface area contributed by atoms with Crippen LogP contribution >= 0.6 is 0 Å². The molecule has 128 valence electrons. The van der Waals surface area contributed by atoms with Gasteiger partial charge in [-0.15, -0.1) is 0 Å². The lowest BCUT2D eigenvalue weighted by Gasteiger charge is -2.29. The Bertz CT molecular complexity index is 721. The summed E-state index contributed by atoms with van der Waals surface area (Å²) in [6.07, 6.45) is 4.99. The van der Waals surface area contributed by atoms with E-state index in [2.05, 4.69) is 15.3 Å². The highest BCUT2D eigenvalue weighted by molar-refractivity contribution is 6.06. The Labute approximate surface area is 138 Å². The van der Waals surface area contributed by atoms with Gasteiger partial charge < -0.3 is 4.90 Å². The average Bonchev–Trinajstić information content (AvgIpc) is 2.96. The van der Waals surface area contributed by atoms with Crippen LogP contribution in [0.25, 0.3) is 0 Å². The summed E-state index contributed by atoms with van der Waals surface area (Å²) in [5.41, 5.74) is 1.79. The summed E-state index contributed by atoms with van der Waals surface area (Å²) in [5, 5.41) is 11.7. The maximum Gasteiger partial charge on any atom is 0.261 e. The molecule has 0 N–H and O–H groups in total. The molecule has 0 atom stereocenters. The van der Waals surface area contributed by atoms with Gasteiger partial charge >= 0.3 is 0 Å². The number of nitrogens with zero attached hydrogens (tertiary/aromatic N) is 5. The first-order valence-electron chi connectivity index (χ1n) is 7.86. The zero-order valence-electron chi connectivity index (χ0n) is 13.6. The predicted molar refractivity (Wildman–Crippen MR) is 84.2 cm³/mol. The first kappa shape index (κ1) is 16.5. The van der Waals surface area contributed by atoms with E-state index in [4.69, 9.17) is 0 Å². The maximum absolute atomic E-state index is 13.3. The van der Waals surface area contributed by atoms with Gasteiger partial charge in [0.25, 0.3) is 5.91 Å². The van der Waals surface area contributed by atoms with Gasteiger partial charge in [0.05, 0.1) is 35.9 Å². The Morgan fingerprint density at radius 3 is 2.62 bits per heavy atom. The van der Waals surface area contributed by atoms with E-state index in [0.29, 0.717) is 29.8 Å². The standard InChI is InChI=1S/C16H19F2N5O/c1-11-14(15(24)22(2)13-5-8-19-20-9-13)10-21-23(11)12-3-6-16(17,18)7-4-12/h5,8-10,12H,3-4,6-7H2,1-2H3. The fourth-order valence-corrected chi connectivity index (χ4v) is 3.05. The van der Waals surface area contributed by atoms with Crippen LogP contribution in [-0.4, -0.2) is 38.9 Å². The molecule has 0 aliphatic heterocycles. The molecule has 0 spiro atoms. The molecule has 6 nitrogen and oxygen atoms in total. The molecule has 8 heteroatoms. The molecule has 1 amide bonds. The number of halogens is 2. The largest absolute Gasteiger partial charge is 0.310 e. The van der Waals surface area contributed by atoms with Gasteiger partial charge in [-0.1, -0.05) is 0 Å². The highest BCUT2D eigenvalue weighted by Crippen LogP contribution is 2.38. The number of alkyl halides is 2. The van der Waals surface area contributed by atoms with E-state index in [9.17, 15) is 13.6 Å². The van der Waals surface area contributed by atoms with Crippen LogP contribution in [0.1, 0.15) is 47.8 Å². The van der Waals surface area contributed by atoms with Crippen molar-refractivity contribution in [1.82, 2.24) is 20.0 Å². The quantitative estimate of drug-likeness (QED) is 0.865. The molecule has 24 heavy (non-hydrogen) atoms. The zero-order valence-corrected chi connectivity index (χ0v) is 13.6. The molecule has 0 saturated heterocycles. The fraction of sp³-hybridized carbons (Fsp3) is 0.500. The van der Waals surface area contributed by atoms with Crippen LogP contribution in [0.5, 0.6) is 0 Å². The molecule has 0 unspecified atom stereocenters. The second kappa shape index (κ2) is 6.26. The van der Waals surface area contributed by atoms with E-state index in [1.807, 2.05) is 0 Å². The normalized spacial score (nSPS) is 17.7. The van der Waals surface area contributed by atoms with Crippen molar-refractivity contribution in [2.45, 2.75) is 44.6 Å². The third kappa shape index (κ3) is 3.13. The summed E-state index contributed by atoms with van der Waals surface area (Å²) in [4.78, 5) is 14.1. The van der Waals surface area contributed by atoms with Crippen LogP contribution in [0, 0.1) is 6.92 Å². The third-order valence-electron chi connectivity index (χ3n) is 4.57. The molecule has 2 aromatic heterocycles. The number of aromatic nitrogens is 4. The van der Waals surface area contributed by atoms with Gasteiger partial charge in [-0.25, -0.2) is 8.78 Å². The first-order chi connectivity index (χ1) is 11.4. The molecule has 3 rings (SSSR count). The van der Waals surface area contributed by atoms with Crippen molar-refractivity contribution >= 4 is 11.6 Å². The lowest BCUT2D eigenvalue weighted by molar-refractivity contribution is -0.0451. The van der Waals surface area contributed by atoms with E-state index >= 15 is 0 Å². The minimum Gasteiger partial charge on any atom is -0.310 e. The number of amides is 1. The lowest BCUT2D eigenvalue weighted by atomic mass is 9.92.